The quantitative estimate of drug-likeness (QED) is 0.774. The van der Waals surface area contributed by atoms with E-state index in [1.807, 2.05) is 0 Å². The second-order valence-electron chi connectivity index (χ2n) is 4.55. The second kappa shape index (κ2) is 5.41. The van der Waals surface area contributed by atoms with Crippen LogP contribution in [0.2, 0.25) is 0 Å². The number of hydrogen-bond acceptors (Lipinski definition) is 2. The molecule has 0 aliphatic heterocycles. The average Bonchev–Trinajstić information content (AvgIpc) is 2.29. The van der Waals surface area contributed by atoms with Gasteiger partial charge in [-0.15, -0.1) is 0 Å². The minimum Gasteiger partial charge on any atom is -0.198 e. The Kier molecular flexibility index (Phi) is 4.44. The molecule has 1 rings (SSSR count). The van der Waals surface area contributed by atoms with E-state index in [0.717, 1.165) is 0 Å². The van der Waals surface area contributed by atoms with E-state index in [2.05, 4.69) is 57.4 Å². The van der Waals surface area contributed by atoms with E-state index in [4.69, 9.17) is 5.26 Å². The van der Waals surface area contributed by atoms with Gasteiger partial charge in [0, 0.05) is 0 Å². The summed E-state index contributed by atoms with van der Waals surface area (Å²) in [4.78, 5) is 0. The summed E-state index contributed by atoms with van der Waals surface area (Å²) < 4.78 is -0.0791. The molecular formula is C14H19NS. The summed E-state index contributed by atoms with van der Waals surface area (Å²) in [5, 5.41) is 8.87. The van der Waals surface area contributed by atoms with Crippen LogP contribution in [0, 0.1) is 11.3 Å². The van der Waals surface area contributed by atoms with Crippen LogP contribution in [0.1, 0.15) is 44.2 Å². The predicted molar refractivity (Wildman–Crippen MR) is 71.6 cm³/mol. The van der Waals surface area contributed by atoms with Crippen molar-refractivity contribution in [2.45, 2.75) is 37.9 Å². The monoisotopic (exact) mass is 233 g/mol. The van der Waals surface area contributed by atoms with E-state index in [1.54, 1.807) is 11.8 Å². The number of nitrogens with zero attached hydrogens (tertiary/aromatic N) is 1. The van der Waals surface area contributed by atoms with Gasteiger partial charge in [-0.3, -0.25) is 0 Å². The molecule has 0 N–H and O–H groups in total. The second-order valence-corrected chi connectivity index (χ2v) is 5.86. The van der Waals surface area contributed by atoms with Gasteiger partial charge in [0.15, 0.2) is 0 Å². The van der Waals surface area contributed by atoms with Crippen LogP contribution < -0.4 is 0 Å². The van der Waals surface area contributed by atoms with Gasteiger partial charge in [-0.05, 0) is 30.2 Å². The van der Waals surface area contributed by atoms with Crippen molar-refractivity contribution in [1.82, 2.24) is 0 Å². The lowest BCUT2D eigenvalue weighted by Gasteiger charge is -2.25. The molecular weight excluding hydrogens is 214 g/mol. The molecule has 1 aromatic rings. The van der Waals surface area contributed by atoms with Crippen molar-refractivity contribution in [2.24, 2.45) is 0 Å². The normalized spacial score (nSPS) is 14.5. The lowest BCUT2D eigenvalue weighted by molar-refractivity contribution is 0.714. The Hall–Kier alpha value is -0.940. The van der Waals surface area contributed by atoms with Crippen LogP contribution in [-0.4, -0.2) is 6.26 Å². The van der Waals surface area contributed by atoms with Crippen LogP contribution >= 0.6 is 11.8 Å². The highest BCUT2D eigenvalue weighted by Gasteiger charge is 2.25. The van der Waals surface area contributed by atoms with Gasteiger partial charge in [0.2, 0.25) is 0 Å². The zero-order valence-electron chi connectivity index (χ0n) is 10.4. The molecule has 0 amide bonds. The summed E-state index contributed by atoms with van der Waals surface area (Å²) in [6, 6.07) is 10.9. The molecule has 1 atom stereocenters. The number of hydrogen-bond donors (Lipinski definition) is 0. The standard InChI is InChI=1S/C14H19NS/c1-11(2)12-5-7-13(8-6-12)14(3,16-4)9-10-15/h5-8,11H,9H2,1-4H3. The largest absolute Gasteiger partial charge is 0.198 e. The number of thioether (sulfide) groups is 1. The lowest BCUT2D eigenvalue weighted by atomic mass is 9.94. The molecule has 1 aromatic carbocycles. The third-order valence-electron chi connectivity index (χ3n) is 3.05. The summed E-state index contributed by atoms with van der Waals surface area (Å²) in [6.45, 7) is 6.52. The Morgan fingerprint density at radius 1 is 1.31 bits per heavy atom. The Balaban J connectivity index is 3.00. The van der Waals surface area contributed by atoms with Crippen LogP contribution in [0.5, 0.6) is 0 Å². The maximum atomic E-state index is 8.87. The SMILES string of the molecule is CSC(C)(CC#N)c1ccc(C(C)C)cc1. The topological polar surface area (TPSA) is 23.8 Å². The van der Waals surface area contributed by atoms with Crippen molar-refractivity contribution in [3.8, 4) is 6.07 Å². The molecule has 2 heteroatoms. The van der Waals surface area contributed by atoms with Gasteiger partial charge in [0.25, 0.3) is 0 Å². The summed E-state index contributed by atoms with van der Waals surface area (Å²) in [7, 11) is 0. The Bertz CT molecular complexity index is 375. The fraction of sp³-hybridized carbons (Fsp3) is 0.500. The van der Waals surface area contributed by atoms with E-state index >= 15 is 0 Å². The zero-order chi connectivity index (χ0) is 12.2. The van der Waals surface area contributed by atoms with Crippen LogP contribution in [0.3, 0.4) is 0 Å². The van der Waals surface area contributed by atoms with Crippen LogP contribution in [-0.2, 0) is 4.75 Å². The van der Waals surface area contributed by atoms with Crippen molar-refractivity contribution >= 4 is 11.8 Å². The Labute approximate surface area is 103 Å². The first-order valence-electron chi connectivity index (χ1n) is 5.56. The summed E-state index contributed by atoms with van der Waals surface area (Å²) >= 11 is 1.74. The van der Waals surface area contributed by atoms with Gasteiger partial charge in [-0.2, -0.15) is 17.0 Å². The van der Waals surface area contributed by atoms with Gasteiger partial charge < -0.3 is 0 Å². The average molecular weight is 233 g/mol. The molecule has 16 heavy (non-hydrogen) atoms. The smallest absolute Gasteiger partial charge is 0.0639 e. The molecule has 1 nitrogen and oxygen atoms in total. The van der Waals surface area contributed by atoms with E-state index in [0.29, 0.717) is 12.3 Å². The molecule has 0 aromatic heterocycles. The van der Waals surface area contributed by atoms with Crippen molar-refractivity contribution in [1.29, 1.82) is 5.26 Å². The maximum absolute atomic E-state index is 8.87. The molecule has 0 bridgehead atoms. The van der Waals surface area contributed by atoms with Gasteiger partial charge in [-0.1, -0.05) is 38.1 Å². The van der Waals surface area contributed by atoms with Crippen molar-refractivity contribution in [3.05, 3.63) is 35.4 Å². The van der Waals surface area contributed by atoms with Gasteiger partial charge in [-0.25, -0.2) is 0 Å². The zero-order valence-corrected chi connectivity index (χ0v) is 11.3. The van der Waals surface area contributed by atoms with Crippen LogP contribution in [0.15, 0.2) is 24.3 Å². The predicted octanol–water partition coefficient (Wildman–Crippen LogP) is 4.30. The minimum atomic E-state index is -0.0791. The van der Waals surface area contributed by atoms with Crippen molar-refractivity contribution in [3.63, 3.8) is 0 Å². The number of nitriles is 1. The van der Waals surface area contributed by atoms with E-state index in [-0.39, 0.29) is 4.75 Å². The number of rotatable bonds is 4. The molecule has 1 unspecified atom stereocenters. The van der Waals surface area contributed by atoms with Gasteiger partial charge in [0.05, 0.1) is 17.2 Å². The molecule has 0 aliphatic rings. The van der Waals surface area contributed by atoms with Gasteiger partial charge >= 0.3 is 0 Å². The fourth-order valence-electron chi connectivity index (χ4n) is 1.66. The molecule has 0 radical (unpaired) electrons. The third-order valence-corrected chi connectivity index (χ3v) is 4.34. The Morgan fingerprint density at radius 2 is 1.88 bits per heavy atom. The third kappa shape index (κ3) is 2.80. The van der Waals surface area contributed by atoms with Gasteiger partial charge in [0.1, 0.15) is 0 Å². The highest BCUT2D eigenvalue weighted by atomic mass is 32.2. The van der Waals surface area contributed by atoms with Crippen molar-refractivity contribution < 1.29 is 0 Å². The van der Waals surface area contributed by atoms with E-state index in [9.17, 15) is 0 Å². The minimum absolute atomic E-state index is 0.0791. The van der Waals surface area contributed by atoms with Crippen LogP contribution in [0.25, 0.3) is 0 Å². The van der Waals surface area contributed by atoms with Crippen molar-refractivity contribution in [2.75, 3.05) is 6.26 Å². The maximum Gasteiger partial charge on any atom is 0.0639 e. The first-order valence-corrected chi connectivity index (χ1v) is 6.78. The first-order chi connectivity index (χ1) is 7.53. The molecule has 0 aliphatic carbocycles. The molecule has 86 valence electrons. The molecule has 0 saturated carbocycles. The van der Waals surface area contributed by atoms with E-state index in [1.165, 1.54) is 11.1 Å². The van der Waals surface area contributed by atoms with Crippen LogP contribution in [0.4, 0.5) is 0 Å². The highest BCUT2D eigenvalue weighted by Crippen LogP contribution is 2.37. The molecule has 0 saturated heterocycles. The number of benzene rings is 1. The summed E-state index contributed by atoms with van der Waals surface area (Å²) in [5.74, 6) is 0.561. The first kappa shape index (κ1) is 13.1. The molecule has 0 fully saturated rings. The lowest BCUT2D eigenvalue weighted by Crippen LogP contribution is -2.16. The molecule has 0 spiro atoms. The summed E-state index contributed by atoms with van der Waals surface area (Å²) in [5.41, 5.74) is 2.59. The van der Waals surface area contributed by atoms with E-state index < -0.39 is 0 Å². The molecule has 0 heterocycles. The Morgan fingerprint density at radius 3 is 2.25 bits per heavy atom. The summed E-state index contributed by atoms with van der Waals surface area (Å²) in [6.07, 6.45) is 2.61. The highest BCUT2D eigenvalue weighted by molar-refractivity contribution is 7.99. The fourth-order valence-corrected chi connectivity index (χ4v) is 2.24.